The maximum atomic E-state index is 2.66. The summed E-state index contributed by atoms with van der Waals surface area (Å²) >= 11 is 0. The SMILES string of the molecule is C1=CCC2CC(N(C3=CC=C(/C=C/C4=CC=C(N(C5=CCC6CCC=CC6=C5)c5ccc6ccccc6c5)CC4)CC3)c3ccc4c(c3)C=CCC4)C=CC2=C1. The van der Waals surface area contributed by atoms with Gasteiger partial charge in [0, 0.05) is 28.5 Å². The van der Waals surface area contributed by atoms with E-state index in [4.69, 9.17) is 0 Å². The molecular weight excluding hydrogens is 677 g/mol. The summed E-state index contributed by atoms with van der Waals surface area (Å²) in [7, 11) is 0. The highest BCUT2D eigenvalue weighted by molar-refractivity contribution is 5.87. The summed E-state index contributed by atoms with van der Waals surface area (Å²) in [6, 6.07) is 23.2. The lowest BCUT2D eigenvalue weighted by Crippen LogP contribution is -2.37. The van der Waals surface area contributed by atoms with Gasteiger partial charge in [0.1, 0.15) is 0 Å². The Bertz CT molecular complexity index is 2430. The van der Waals surface area contributed by atoms with Gasteiger partial charge in [-0.05, 0) is 169 Å². The predicted molar refractivity (Wildman–Crippen MR) is 238 cm³/mol. The maximum absolute atomic E-state index is 2.66. The van der Waals surface area contributed by atoms with Crippen LogP contribution >= 0.6 is 0 Å². The Kier molecular flexibility index (Phi) is 9.65. The molecular formula is C54H52N2. The van der Waals surface area contributed by atoms with Crippen molar-refractivity contribution < 1.29 is 0 Å². The minimum atomic E-state index is 0.356. The molecule has 0 aromatic heterocycles. The fourth-order valence-corrected chi connectivity index (χ4v) is 9.88. The minimum Gasteiger partial charge on any atom is -0.338 e. The van der Waals surface area contributed by atoms with Crippen LogP contribution in [0.3, 0.4) is 0 Å². The van der Waals surface area contributed by atoms with Gasteiger partial charge < -0.3 is 9.80 Å². The van der Waals surface area contributed by atoms with Gasteiger partial charge in [0.25, 0.3) is 0 Å². The van der Waals surface area contributed by atoms with Gasteiger partial charge in [0.15, 0.2) is 0 Å². The maximum Gasteiger partial charge on any atom is 0.0528 e. The highest BCUT2D eigenvalue weighted by Gasteiger charge is 2.30. The monoisotopic (exact) mass is 728 g/mol. The van der Waals surface area contributed by atoms with Gasteiger partial charge in [-0.3, -0.25) is 0 Å². The Morgan fingerprint density at radius 3 is 2.29 bits per heavy atom. The zero-order chi connectivity index (χ0) is 37.3. The highest BCUT2D eigenvalue weighted by Crippen LogP contribution is 2.41. The predicted octanol–water partition coefficient (Wildman–Crippen LogP) is 13.9. The van der Waals surface area contributed by atoms with Gasteiger partial charge in [-0.2, -0.15) is 0 Å². The van der Waals surface area contributed by atoms with Crippen LogP contribution in [0, 0.1) is 11.8 Å². The number of anilines is 2. The lowest BCUT2D eigenvalue weighted by molar-refractivity contribution is 0.505. The Labute approximate surface area is 333 Å². The number of allylic oxidation sites excluding steroid dienone is 21. The van der Waals surface area contributed by atoms with Crippen molar-refractivity contribution in [3.63, 3.8) is 0 Å². The largest absolute Gasteiger partial charge is 0.338 e. The zero-order valence-electron chi connectivity index (χ0n) is 32.5. The van der Waals surface area contributed by atoms with Crippen molar-refractivity contribution in [1.29, 1.82) is 0 Å². The van der Waals surface area contributed by atoms with Crippen LogP contribution in [0.2, 0.25) is 0 Å². The topological polar surface area (TPSA) is 6.48 Å². The van der Waals surface area contributed by atoms with Gasteiger partial charge in [-0.1, -0.05) is 121 Å². The van der Waals surface area contributed by atoms with Crippen LogP contribution in [0.25, 0.3) is 16.8 Å². The first kappa shape index (κ1) is 34.9. The number of fused-ring (bicyclic) bond motifs is 4. The first-order valence-corrected chi connectivity index (χ1v) is 21.2. The van der Waals surface area contributed by atoms with Crippen LogP contribution in [-0.2, 0) is 6.42 Å². The molecule has 0 N–H and O–H groups in total. The van der Waals surface area contributed by atoms with Crippen molar-refractivity contribution >= 4 is 28.2 Å². The van der Waals surface area contributed by atoms with E-state index in [1.807, 2.05) is 0 Å². The summed E-state index contributed by atoms with van der Waals surface area (Å²) in [5.74, 6) is 1.26. The van der Waals surface area contributed by atoms with Crippen molar-refractivity contribution in [3.05, 3.63) is 208 Å². The number of nitrogens with zero attached hydrogens (tertiary/aromatic N) is 2. The number of benzene rings is 3. The Morgan fingerprint density at radius 1 is 0.607 bits per heavy atom. The molecule has 0 spiro atoms. The molecule has 3 aromatic carbocycles. The summed E-state index contributed by atoms with van der Waals surface area (Å²) in [6.07, 6.45) is 52.6. The van der Waals surface area contributed by atoms with Crippen molar-refractivity contribution in [2.24, 2.45) is 11.8 Å². The molecule has 10 rings (SSSR count). The second kappa shape index (κ2) is 15.5. The standard InChI is InChI=1S/C54H52N2/c1-5-13-45-35-51(31-23-41(45)9-1)55(52-32-24-42-10-2-6-14-46(42)36-52)49-27-19-39(20-28-49)17-18-40-21-29-50(30-22-40)56(53-33-25-43-11-3-7-15-47(43)37-53)54-34-26-44-12-4-8-16-48(44)38-54/h1,3,5-9,11,13-14,16-19,21,23,25-27,29,31-36,38,42,47,53H,2,4,10,12,15,20,22,24,28,30,37H2/b18-17+. The van der Waals surface area contributed by atoms with Crippen molar-refractivity contribution in [1.82, 2.24) is 0 Å². The molecule has 0 amide bonds. The highest BCUT2D eigenvalue weighted by atomic mass is 15.2. The normalized spacial score (nSPS) is 23.9. The summed E-state index contributed by atoms with van der Waals surface area (Å²) < 4.78 is 0. The minimum absolute atomic E-state index is 0.356. The van der Waals surface area contributed by atoms with Gasteiger partial charge in [0.2, 0.25) is 0 Å². The number of hydrogen-bond donors (Lipinski definition) is 0. The molecule has 0 bridgehead atoms. The lowest BCUT2D eigenvalue weighted by atomic mass is 9.81. The Balaban J connectivity index is 0.908. The average molecular weight is 729 g/mol. The van der Waals surface area contributed by atoms with E-state index in [1.165, 1.54) is 85.5 Å². The summed E-state index contributed by atoms with van der Waals surface area (Å²) in [4.78, 5) is 5.18. The second-order valence-electron chi connectivity index (χ2n) is 16.6. The van der Waals surface area contributed by atoms with Gasteiger partial charge in [0.05, 0.1) is 6.04 Å². The molecule has 0 fully saturated rings. The zero-order valence-corrected chi connectivity index (χ0v) is 32.5. The summed E-state index contributed by atoms with van der Waals surface area (Å²) in [6.45, 7) is 0. The molecule has 2 nitrogen and oxygen atoms in total. The van der Waals surface area contributed by atoms with Gasteiger partial charge >= 0.3 is 0 Å². The van der Waals surface area contributed by atoms with E-state index in [-0.39, 0.29) is 0 Å². The second-order valence-corrected chi connectivity index (χ2v) is 16.6. The Hall–Kier alpha value is -5.60. The first-order chi connectivity index (χ1) is 27.7. The van der Waals surface area contributed by atoms with Gasteiger partial charge in [-0.25, -0.2) is 0 Å². The van der Waals surface area contributed by atoms with E-state index in [9.17, 15) is 0 Å². The summed E-state index contributed by atoms with van der Waals surface area (Å²) in [5, 5.41) is 2.57. The van der Waals surface area contributed by atoms with Crippen molar-refractivity contribution in [3.8, 4) is 0 Å². The molecule has 0 saturated heterocycles. The van der Waals surface area contributed by atoms with Crippen LogP contribution in [0.15, 0.2) is 197 Å². The van der Waals surface area contributed by atoms with E-state index in [2.05, 4.69) is 174 Å². The molecule has 0 saturated carbocycles. The molecule has 278 valence electrons. The molecule has 7 aliphatic rings. The third-order valence-electron chi connectivity index (χ3n) is 13.0. The smallest absolute Gasteiger partial charge is 0.0528 e. The third kappa shape index (κ3) is 7.14. The van der Waals surface area contributed by atoms with E-state index in [0.29, 0.717) is 17.9 Å². The van der Waals surface area contributed by atoms with E-state index in [0.717, 1.165) is 57.8 Å². The summed E-state index contributed by atoms with van der Waals surface area (Å²) in [5.41, 5.74) is 15.3. The van der Waals surface area contributed by atoms with Crippen LogP contribution in [0.4, 0.5) is 11.4 Å². The van der Waals surface area contributed by atoms with Crippen LogP contribution in [0.5, 0.6) is 0 Å². The van der Waals surface area contributed by atoms with Crippen molar-refractivity contribution in [2.45, 2.75) is 76.7 Å². The van der Waals surface area contributed by atoms with Crippen LogP contribution < -0.4 is 9.80 Å². The number of rotatable bonds is 8. The molecule has 56 heavy (non-hydrogen) atoms. The quantitative estimate of drug-likeness (QED) is 0.228. The van der Waals surface area contributed by atoms with Crippen molar-refractivity contribution in [2.75, 3.05) is 9.80 Å². The first-order valence-electron chi connectivity index (χ1n) is 21.2. The van der Waals surface area contributed by atoms with E-state index in [1.54, 1.807) is 0 Å². The molecule has 0 heterocycles. The third-order valence-corrected chi connectivity index (χ3v) is 13.0. The molecule has 7 aliphatic carbocycles. The van der Waals surface area contributed by atoms with E-state index >= 15 is 0 Å². The Morgan fingerprint density at radius 2 is 1.43 bits per heavy atom. The molecule has 0 aliphatic heterocycles. The molecule has 3 unspecified atom stereocenters. The average Bonchev–Trinajstić information content (AvgIpc) is 3.26. The fraction of sp³-hybridized carbons (Fsp3) is 0.259. The van der Waals surface area contributed by atoms with Crippen LogP contribution in [-0.4, -0.2) is 6.04 Å². The lowest BCUT2D eigenvalue weighted by Gasteiger charge is -2.39. The number of hydrogen-bond acceptors (Lipinski definition) is 2. The molecule has 0 radical (unpaired) electrons. The van der Waals surface area contributed by atoms with E-state index < -0.39 is 0 Å². The molecule has 3 aromatic rings. The molecule has 3 atom stereocenters. The van der Waals surface area contributed by atoms with Gasteiger partial charge in [-0.15, -0.1) is 0 Å². The molecule has 2 heteroatoms. The fourth-order valence-electron chi connectivity index (χ4n) is 9.88. The van der Waals surface area contributed by atoms with Crippen LogP contribution in [0.1, 0.15) is 75.3 Å². The number of aryl methyl sites for hydroxylation is 1.